The molecule has 1 unspecified atom stereocenters. The predicted molar refractivity (Wildman–Crippen MR) is 112 cm³/mol. The molecule has 156 valence electrons. The first-order chi connectivity index (χ1) is 13.1. The summed E-state index contributed by atoms with van der Waals surface area (Å²) in [7, 11) is 1.52. The van der Waals surface area contributed by atoms with Crippen molar-refractivity contribution in [1.82, 2.24) is 20.4 Å². The molecule has 1 atom stereocenters. The topological polar surface area (TPSA) is 73.9 Å². The third-order valence-corrected chi connectivity index (χ3v) is 5.38. The van der Waals surface area contributed by atoms with E-state index in [1.54, 1.807) is 23.1 Å². The van der Waals surface area contributed by atoms with Crippen molar-refractivity contribution in [3.05, 3.63) is 28.8 Å². The molecule has 9 heteroatoms. The first kappa shape index (κ1) is 22.7. The molecule has 2 heterocycles. The Bertz CT molecular complexity index is 683. The molecule has 2 N–H and O–H groups in total. The largest absolute Gasteiger partial charge is 0.496 e. The van der Waals surface area contributed by atoms with Gasteiger partial charge < -0.3 is 20.3 Å². The molecule has 1 aromatic rings. The Morgan fingerprint density at radius 1 is 1.29 bits per heavy atom. The number of methoxy groups -OCH3 is 1. The van der Waals surface area contributed by atoms with E-state index in [0.29, 0.717) is 35.8 Å². The molecule has 0 radical (unpaired) electrons. The van der Waals surface area contributed by atoms with Gasteiger partial charge in [0.25, 0.3) is 5.91 Å². The number of carbonyl (C=O) groups excluding carboxylic acids is 2. The van der Waals surface area contributed by atoms with E-state index in [0.717, 1.165) is 39.1 Å². The van der Waals surface area contributed by atoms with Gasteiger partial charge in [0.2, 0.25) is 5.91 Å². The summed E-state index contributed by atoms with van der Waals surface area (Å²) in [5, 5.41) is 6.78. The highest BCUT2D eigenvalue weighted by Gasteiger charge is 2.35. The van der Waals surface area contributed by atoms with Crippen LogP contribution in [0.25, 0.3) is 0 Å². The van der Waals surface area contributed by atoms with Gasteiger partial charge in [0.05, 0.1) is 12.7 Å². The van der Waals surface area contributed by atoms with Crippen LogP contribution in [0.5, 0.6) is 5.75 Å². The van der Waals surface area contributed by atoms with Crippen LogP contribution in [0.1, 0.15) is 23.2 Å². The maximum absolute atomic E-state index is 13.0. The summed E-state index contributed by atoms with van der Waals surface area (Å²) in [6.45, 7) is 5.95. The van der Waals surface area contributed by atoms with Crippen LogP contribution in [0.3, 0.4) is 0 Å². The van der Waals surface area contributed by atoms with E-state index in [-0.39, 0.29) is 24.2 Å². The molecule has 2 aliphatic heterocycles. The number of hydrogen-bond donors (Lipinski definition) is 2. The Morgan fingerprint density at radius 3 is 2.75 bits per heavy atom. The summed E-state index contributed by atoms with van der Waals surface area (Å²) in [6, 6.07) is 4.51. The van der Waals surface area contributed by atoms with Crippen LogP contribution in [0, 0.1) is 0 Å². The first-order valence-electron chi connectivity index (χ1n) is 9.45. The molecule has 7 nitrogen and oxygen atoms in total. The number of ether oxygens (including phenoxy) is 1. The van der Waals surface area contributed by atoms with E-state index >= 15 is 0 Å². The predicted octanol–water partition coefficient (Wildman–Crippen LogP) is 1.40. The number of amides is 2. The molecule has 0 spiro atoms. The van der Waals surface area contributed by atoms with Crippen LogP contribution in [-0.4, -0.2) is 80.6 Å². The maximum atomic E-state index is 13.0. The van der Waals surface area contributed by atoms with Gasteiger partial charge in [0.15, 0.2) is 0 Å². The number of likely N-dealkylation sites (tertiary alicyclic amines) is 1. The van der Waals surface area contributed by atoms with Gasteiger partial charge >= 0.3 is 0 Å². The van der Waals surface area contributed by atoms with Gasteiger partial charge in [-0.3, -0.25) is 14.5 Å². The second-order valence-electron chi connectivity index (χ2n) is 6.88. The van der Waals surface area contributed by atoms with Gasteiger partial charge in [-0.2, -0.15) is 0 Å². The van der Waals surface area contributed by atoms with Gasteiger partial charge in [0, 0.05) is 50.8 Å². The number of hydrogen-bond acceptors (Lipinski definition) is 5. The molecular weight excluding hydrogens is 403 g/mol. The van der Waals surface area contributed by atoms with Crippen molar-refractivity contribution in [2.45, 2.75) is 18.9 Å². The zero-order valence-electron chi connectivity index (χ0n) is 16.1. The van der Waals surface area contributed by atoms with Gasteiger partial charge in [-0.15, -0.1) is 12.4 Å². The molecule has 0 bridgehead atoms. The first-order valence-corrected chi connectivity index (χ1v) is 9.83. The van der Waals surface area contributed by atoms with Crippen LogP contribution in [-0.2, 0) is 4.79 Å². The summed E-state index contributed by atoms with van der Waals surface area (Å²) in [5.41, 5.74) is 0.394. The van der Waals surface area contributed by atoms with Crippen molar-refractivity contribution in [3.63, 3.8) is 0 Å². The molecule has 2 saturated heterocycles. The second-order valence-corrected chi connectivity index (χ2v) is 7.32. The number of carbonyl (C=O) groups is 2. The molecule has 2 fully saturated rings. The van der Waals surface area contributed by atoms with E-state index in [4.69, 9.17) is 16.3 Å². The molecule has 28 heavy (non-hydrogen) atoms. The van der Waals surface area contributed by atoms with Crippen LogP contribution in [0.2, 0.25) is 5.02 Å². The third-order valence-electron chi connectivity index (χ3n) is 5.15. The fraction of sp³-hybridized carbons (Fsp3) is 0.579. The minimum absolute atomic E-state index is 0. The average Bonchev–Trinajstić information content (AvgIpc) is 3.18. The third kappa shape index (κ3) is 5.50. The Hall–Kier alpha value is -1.54. The van der Waals surface area contributed by atoms with E-state index in [1.807, 2.05) is 0 Å². The highest BCUT2D eigenvalue weighted by Crippen LogP contribution is 2.27. The van der Waals surface area contributed by atoms with E-state index in [9.17, 15) is 9.59 Å². The van der Waals surface area contributed by atoms with Crippen molar-refractivity contribution in [2.24, 2.45) is 0 Å². The lowest BCUT2D eigenvalue weighted by Crippen LogP contribution is -2.49. The van der Waals surface area contributed by atoms with Crippen LogP contribution in [0.15, 0.2) is 18.2 Å². The van der Waals surface area contributed by atoms with Crippen LogP contribution in [0.4, 0.5) is 0 Å². The number of nitrogens with one attached hydrogen (secondary N) is 2. The van der Waals surface area contributed by atoms with Crippen molar-refractivity contribution < 1.29 is 14.3 Å². The molecule has 0 saturated carbocycles. The zero-order valence-corrected chi connectivity index (χ0v) is 17.7. The summed E-state index contributed by atoms with van der Waals surface area (Å²) in [6.07, 6.45) is 1.48. The number of rotatable bonds is 6. The van der Waals surface area contributed by atoms with Crippen molar-refractivity contribution in [1.29, 1.82) is 0 Å². The lowest BCUT2D eigenvalue weighted by atomic mass is 10.1. The van der Waals surface area contributed by atoms with Crippen molar-refractivity contribution in [3.8, 4) is 5.75 Å². The Morgan fingerprint density at radius 2 is 2.04 bits per heavy atom. The Balaban J connectivity index is 0.00000280. The van der Waals surface area contributed by atoms with Crippen LogP contribution >= 0.6 is 24.0 Å². The SMILES string of the molecule is COc1ccc(Cl)cc1C(=O)N1CCCC1C(=O)NCCN1CCNCC1.Cl. The molecule has 0 aliphatic carbocycles. The summed E-state index contributed by atoms with van der Waals surface area (Å²) in [5.74, 6) is 0.167. The smallest absolute Gasteiger partial charge is 0.258 e. The molecule has 1 aromatic carbocycles. The van der Waals surface area contributed by atoms with Crippen molar-refractivity contribution >= 4 is 35.8 Å². The Kier molecular flexibility index (Phi) is 8.82. The quantitative estimate of drug-likeness (QED) is 0.713. The van der Waals surface area contributed by atoms with Gasteiger partial charge in [0.1, 0.15) is 11.8 Å². The maximum Gasteiger partial charge on any atom is 0.258 e. The fourth-order valence-electron chi connectivity index (χ4n) is 3.67. The summed E-state index contributed by atoms with van der Waals surface area (Å²) in [4.78, 5) is 29.6. The van der Waals surface area contributed by atoms with Gasteiger partial charge in [-0.25, -0.2) is 0 Å². The summed E-state index contributed by atoms with van der Waals surface area (Å²) >= 11 is 6.05. The minimum Gasteiger partial charge on any atom is -0.496 e. The number of nitrogens with zero attached hydrogens (tertiary/aromatic N) is 2. The zero-order chi connectivity index (χ0) is 19.2. The Labute approximate surface area is 177 Å². The second kappa shape index (κ2) is 10.9. The molecule has 0 aromatic heterocycles. The van der Waals surface area contributed by atoms with Gasteiger partial charge in [-0.1, -0.05) is 11.6 Å². The van der Waals surface area contributed by atoms with Crippen LogP contribution < -0.4 is 15.4 Å². The number of piperazine rings is 1. The van der Waals surface area contributed by atoms with Gasteiger partial charge in [-0.05, 0) is 31.0 Å². The highest BCUT2D eigenvalue weighted by molar-refractivity contribution is 6.31. The standard InChI is InChI=1S/C19H27ClN4O3.ClH/c1-27-17-5-4-14(20)13-15(17)19(26)24-9-2-3-16(24)18(25)22-8-12-23-10-6-21-7-11-23;/h4-5,13,16,21H,2-3,6-12H2,1H3,(H,22,25);1H. The van der Waals surface area contributed by atoms with Crippen molar-refractivity contribution in [2.75, 3.05) is 52.9 Å². The average molecular weight is 431 g/mol. The van der Waals surface area contributed by atoms with E-state index in [1.165, 1.54) is 7.11 Å². The molecule has 3 rings (SSSR count). The lowest BCUT2D eigenvalue weighted by Gasteiger charge is -2.28. The number of benzene rings is 1. The van der Waals surface area contributed by atoms with E-state index < -0.39 is 6.04 Å². The fourth-order valence-corrected chi connectivity index (χ4v) is 3.85. The lowest BCUT2D eigenvalue weighted by molar-refractivity contribution is -0.124. The summed E-state index contributed by atoms with van der Waals surface area (Å²) < 4.78 is 5.29. The molecule has 2 aliphatic rings. The normalized spacial score (nSPS) is 19.8. The van der Waals surface area contributed by atoms with E-state index in [2.05, 4.69) is 15.5 Å². The molecular formula is C19H28Cl2N4O3. The monoisotopic (exact) mass is 430 g/mol. The number of halogens is 2. The highest BCUT2D eigenvalue weighted by atomic mass is 35.5. The minimum atomic E-state index is -0.441. The molecule has 2 amide bonds.